The summed E-state index contributed by atoms with van der Waals surface area (Å²) in [5.74, 6) is -0.407. The van der Waals surface area contributed by atoms with Crippen LogP contribution in [0.25, 0.3) is 0 Å². The van der Waals surface area contributed by atoms with E-state index < -0.39 is 5.95 Å². The molecule has 0 aromatic carbocycles. The minimum Gasteiger partial charge on any atom is -0.368 e. The fraction of sp³-hybridized carbons (Fsp3) is 0.500. The van der Waals surface area contributed by atoms with E-state index >= 15 is 0 Å². The van der Waals surface area contributed by atoms with E-state index in [2.05, 4.69) is 28.9 Å². The zero-order valence-corrected chi connectivity index (χ0v) is 8.44. The molecule has 1 aromatic heterocycles. The van der Waals surface area contributed by atoms with Gasteiger partial charge in [0.25, 0.3) is 0 Å². The number of aromatic nitrogens is 1. The van der Waals surface area contributed by atoms with E-state index in [0.29, 0.717) is 6.04 Å². The fourth-order valence-electron chi connectivity index (χ4n) is 1.58. The molecule has 1 aromatic rings. The normalized spacial score (nSPS) is 17.3. The van der Waals surface area contributed by atoms with Crippen LogP contribution in [0.3, 0.4) is 0 Å². The summed E-state index contributed by atoms with van der Waals surface area (Å²) < 4.78 is 12.8. The van der Waals surface area contributed by atoms with Crippen LogP contribution in [0.4, 0.5) is 10.1 Å². The molecule has 3 nitrogen and oxygen atoms in total. The molecule has 4 heteroatoms. The summed E-state index contributed by atoms with van der Waals surface area (Å²) in [4.78, 5) is 7.87. The van der Waals surface area contributed by atoms with Crippen LogP contribution in [0.2, 0.25) is 0 Å². The van der Waals surface area contributed by atoms with Crippen molar-refractivity contribution in [3.63, 3.8) is 0 Å². The van der Waals surface area contributed by atoms with Gasteiger partial charge in [-0.3, -0.25) is 0 Å². The molecule has 0 saturated carbocycles. The van der Waals surface area contributed by atoms with Crippen molar-refractivity contribution in [1.29, 1.82) is 0 Å². The Morgan fingerprint density at radius 2 is 2.21 bits per heavy atom. The number of nitrogens with zero attached hydrogens (tertiary/aromatic N) is 3. The zero-order chi connectivity index (χ0) is 10.1. The summed E-state index contributed by atoms with van der Waals surface area (Å²) in [6, 6.07) is 3.91. The van der Waals surface area contributed by atoms with Gasteiger partial charge in [-0.2, -0.15) is 4.39 Å². The molecular formula is C10H14FN3. The third kappa shape index (κ3) is 1.70. The topological polar surface area (TPSA) is 19.4 Å². The van der Waals surface area contributed by atoms with Gasteiger partial charge >= 0.3 is 0 Å². The molecule has 0 bridgehead atoms. The van der Waals surface area contributed by atoms with Crippen molar-refractivity contribution >= 4 is 5.69 Å². The highest BCUT2D eigenvalue weighted by atomic mass is 19.1. The van der Waals surface area contributed by atoms with Gasteiger partial charge in [0.2, 0.25) is 5.95 Å². The minimum absolute atomic E-state index is 0.407. The SMILES string of the molecule is CN(C)C1CN(c2ccnc(F)c2)C1. The average molecular weight is 195 g/mol. The number of hydrogen-bond acceptors (Lipinski definition) is 3. The first-order valence-corrected chi connectivity index (χ1v) is 4.70. The van der Waals surface area contributed by atoms with E-state index in [1.807, 2.05) is 6.07 Å². The van der Waals surface area contributed by atoms with Gasteiger partial charge in [-0.1, -0.05) is 0 Å². The molecule has 14 heavy (non-hydrogen) atoms. The second-order valence-electron chi connectivity index (χ2n) is 3.86. The third-order valence-electron chi connectivity index (χ3n) is 2.67. The standard InChI is InChI=1S/C10H14FN3/c1-13(2)9-6-14(7-9)8-3-4-12-10(11)5-8/h3-5,9H,6-7H2,1-2H3. The Kier molecular flexibility index (Phi) is 2.37. The highest BCUT2D eigenvalue weighted by Crippen LogP contribution is 2.22. The number of pyridine rings is 1. The van der Waals surface area contributed by atoms with Gasteiger partial charge in [0.1, 0.15) is 0 Å². The van der Waals surface area contributed by atoms with E-state index in [9.17, 15) is 4.39 Å². The molecule has 0 N–H and O–H groups in total. The van der Waals surface area contributed by atoms with Crippen molar-refractivity contribution in [2.75, 3.05) is 32.1 Å². The Balaban J connectivity index is 2.00. The Bertz CT molecular complexity index is 321. The van der Waals surface area contributed by atoms with Gasteiger partial charge in [-0.25, -0.2) is 4.98 Å². The lowest BCUT2D eigenvalue weighted by Crippen LogP contribution is -2.57. The van der Waals surface area contributed by atoms with Crippen molar-refractivity contribution < 1.29 is 4.39 Å². The molecule has 1 aliphatic rings. The predicted molar refractivity (Wildman–Crippen MR) is 53.9 cm³/mol. The molecule has 1 fully saturated rings. The highest BCUT2D eigenvalue weighted by molar-refractivity contribution is 5.48. The smallest absolute Gasteiger partial charge is 0.214 e. The largest absolute Gasteiger partial charge is 0.368 e. The summed E-state index contributed by atoms with van der Waals surface area (Å²) in [7, 11) is 4.13. The van der Waals surface area contributed by atoms with Crippen LogP contribution in [0.5, 0.6) is 0 Å². The first kappa shape index (κ1) is 9.40. The van der Waals surface area contributed by atoms with E-state index in [4.69, 9.17) is 0 Å². The van der Waals surface area contributed by atoms with Crippen LogP contribution in [0.1, 0.15) is 0 Å². The van der Waals surface area contributed by atoms with Gasteiger partial charge in [0.15, 0.2) is 0 Å². The molecule has 0 unspecified atom stereocenters. The molecule has 1 aliphatic heterocycles. The van der Waals surface area contributed by atoms with Crippen molar-refractivity contribution in [2.24, 2.45) is 0 Å². The summed E-state index contributed by atoms with van der Waals surface area (Å²) in [6.45, 7) is 1.94. The number of likely N-dealkylation sites (N-methyl/N-ethyl adjacent to an activating group) is 1. The van der Waals surface area contributed by atoms with Gasteiger partial charge in [-0.05, 0) is 20.2 Å². The van der Waals surface area contributed by atoms with Crippen molar-refractivity contribution in [2.45, 2.75) is 6.04 Å². The highest BCUT2D eigenvalue weighted by Gasteiger charge is 2.28. The van der Waals surface area contributed by atoms with Crippen molar-refractivity contribution in [3.8, 4) is 0 Å². The van der Waals surface area contributed by atoms with Crippen LogP contribution in [-0.2, 0) is 0 Å². The first-order valence-electron chi connectivity index (χ1n) is 4.70. The Morgan fingerprint density at radius 3 is 2.79 bits per heavy atom. The molecule has 1 saturated heterocycles. The lowest BCUT2D eigenvalue weighted by molar-refractivity contribution is 0.247. The molecule has 2 heterocycles. The van der Waals surface area contributed by atoms with Crippen molar-refractivity contribution in [1.82, 2.24) is 9.88 Å². The van der Waals surface area contributed by atoms with Crippen LogP contribution in [-0.4, -0.2) is 43.1 Å². The fourth-order valence-corrected chi connectivity index (χ4v) is 1.58. The second-order valence-corrected chi connectivity index (χ2v) is 3.86. The maximum absolute atomic E-state index is 12.8. The van der Waals surface area contributed by atoms with Gasteiger partial charge < -0.3 is 9.80 Å². The zero-order valence-electron chi connectivity index (χ0n) is 8.44. The second kappa shape index (κ2) is 3.53. The summed E-state index contributed by atoms with van der Waals surface area (Å²) in [6.07, 6.45) is 1.51. The maximum Gasteiger partial charge on any atom is 0.214 e. The number of rotatable bonds is 2. The molecule has 0 atom stereocenters. The summed E-state index contributed by atoms with van der Waals surface area (Å²) in [5, 5.41) is 0. The average Bonchev–Trinajstić information content (AvgIpc) is 2.00. The number of halogens is 1. The lowest BCUT2D eigenvalue weighted by Gasteiger charge is -2.44. The lowest BCUT2D eigenvalue weighted by atomic mass is 10.1. The van der Waals surface area contributed by atoms with E-state index in [-0.39, 0.29) is 0 Å². The molecule has 0 aliphatic carbocycles. The number of hydrogen-bond donors (Lipinski definition) is 0. The van der Waals surface area contributed by atoms with Gasteiger partial charge in [0, 0.05) is 37.1 Å². The van der Waals surface area contributed by atoms with Gasteiger partial charge in [0.05, 0.1) is 0 Å². The van der Waals surface area contributed by atoms with Crippen LogP contribution < -0.4 is 4.90 Å². The quantitative estimate of drug-likeness (QED) is 0.655. The molecule has 2 rings (SSSR count). The van der Waals surface area contributed by atoms with Crippen LogP contribution in [0.15, 0.2) is 18.3 Å². The molecule has 76 valence electrons. The van der Waals surface area contributed by atoms with E-state index in [1.165, 1.54) is 12.3 Å². The summed E-state index contributed by atoms with van der Waals surface area (Å²) in [5.41, 5.74) is 0.926. The van der Waals surface area contributed by atoms with E-state index in [1.54, 1.807) is 0 Å². The van der Waals surface area contributed by atoms with E-state index in [0.717, 1.165) is 18.8 Å². The first-order chi connectivity index (χ1) is 6.66. The number of anilines is 1. The predicted octanol–water partition coefficient (Wildman–Crippen LogP) is 0.971. The molecule has 0 spiro atoms. The van der Waals surface area contributed by atoms with Gasteiger partial charge in [-0.15, -0.1) is 0 Å². The maximum atomic E-state index is 12.8. The Hall–Kier alpha value is -1.16. The molecule has 0 radical (unpaired) electrons. The third-order valence-corrected chi connectivity index (χ3v) is 2.67. The minimum atomic E-state index is -0.407. The molecule has 0 amide bonds. The Morgan fingerprint density at radius 1 is 1.50 bits per heavy atom. The van der Waals surface area contributed by atoms with Crippen LogP contribution in [0, 0.1) is 5.95 Å². The Labute approximate surface area is 83.2 Å². The monoisotopic (exact) mass is 195 g/mol. The molecular weight excluding hydrogens is 181 g/mol. The van der Waals surface area contributed by atoms with Crippen molar-refractivity contribution in [3.05, 3.63) is 24.3 Å². The van der Waals surface area contributed by atoms with Crippen LogP contribution >= 0.6 is 0 Å². The summed E-state index contributed by atoms with van der Waals surface area (Å²) >= 11 is 0.